The molecule has 1 aromatic carbocycles. The van der Waals surface area contributed by atoms with Crippen molar-refractivity contribution in [1.29, 1.82) is 0 Å². The van der Waals surface area contributed by atoms with E-state index in [2.05, 4.69) is 4.74 Å². The Balaban J connectivity index is 2.33. The van der Waals surface area contributed by atoms with Crippen LogP contribution in [0.4, 0.5) is 0 Å². The van der Waals surface area contributed by atoms with Gasteiger partial charge < -0.3 is 9.47 Å². The van der Waals surface area contributed by atoms with Gasteiger partial charge in [0.2, 0.25) is 0 Å². The number of methoxy groups -OCH3 is 1. The molecule has 0 spiro atoms. The van der Waals surface area contributed by atoms with Crippen molar-refractivity contribution < 1.29 is 19.1 Å². The van der Waals surface area contributed by atoms with Gasteiger partial charge in [0, 0.05) is 5.56 Å². The SMILES string of the molecule is COC(=O)CC1OC(=O)c2c(C)cccc21. The van der Waals surface area contributed by atoms with Crippen molar-refractivity contribution in [3.05, 3.63) is 34.9 Å². The predicted octanol–water partition coefficient (Wildman–Crippen LogP) is 1.77. The van der Waals surface area contributed by atoms with Crippen LogP contribution in [0.15, 0.2) is 18.2 Å². The third-order valence-corrected chi connectivity index (χ3v) is 2.69. The van der Waals surface area contributed by atoms with Gasteiger partial charge in [0.05, 0.1) is 19.1 Å². The highest BCUT2D eigenvalue weighted by molar-refractivity contribution is 5.96. The van der Waals surface area contributed by atoms with Crippen molar-refractivity contribution in [2.24, 2.45) is 0 Å². The number of carbonyl (C=O) groups is 2. The third kappa shape index (κ3) is 1.66. The molecular weight excluding hydrogens is 208 g/mol. The Morgan fingerprint density at radius 1 is 1.50 bits per heavy atom. The standard InChI is InChI=1S/C12H12O4/c1-7-4-3-5-8-9(6-10(13)15-2)16-12(14)11(7)8/h3-5,9H,6H2,1-2H3. The maximum atomic E-state index is 11.6. The zero-order chi connectivity index (χ0) is 11.7. The van der Waals surface area contributed by atoms with Crippen molar-refractivity contribution in [3.63, 3.8) is 0 Å². The molecule has 0 N–H and O–H groups in total. The minimum Gasteiger partial charge on any atom is -0.469 e. The fraction of sp³-hybridized carbons (Fsp3) is 0.333. The van der Waals surface area contributed by atoms with Crippen molar-refractivity contribution in [2.45, 2.75) is 19.4 Å². The van der Waals surface area contributed by atoms with Crippen LogP contribution >= 0.6 is 0 Å². The van der Waals surface area contributed by atoms with Crippen LogP contribution in [0, 0.1) is 6.92 Å². The summed E-state index contributed by atoms with van der Waals surface area (Å²) in [4.78, 5) is 22.7. The fourth-order valence-electron chi connectivity index (χ4n) is 1.88. The van der Waals surface area contributed by atoms with Crippen LogP contribution in [0.3, 0.4) is 0 Å². The molecule has 1 atom stereocenters. The molecule has 0 fully saturated rings. The van der Waals surface area contributed by atoms with Crippen LogP contribution < -0.4 is 0 Å². The quantitative estimate of drug-likeness (QED) is 0.713. The molecule has 1 aromatic rings. The molecule has 0 aromatic heterocycles. The second-order valence-corrected chi connectivity index (χ2v) is 3.71. The number of cyclic esters (lactones) is 1. The van der Waals surface area contributed by atoms with Gasteiger partial charge in [-0.05, 0) is 12.5 Å². The van der Waals surface area contributed by atoms with E-state index in [1.165, 1.54) is 7.11 Å². The Bertz CT molecular complexity index is 450. The fourth-order valence-corrected chi connectivity index (χ4v) is 1.88. The molecule has 0 amide bonds. The summed E-state index contributed by atoms with van der Waals surface area (Å²) in [6, 6.07) is 5.50. The zero-order valence-electron chi connectivity index (χ0n) is 9.15. The summed E-state index contributed by atoms with van der Waals surface area (Å²) in [5, 5.41) is 0. The topological polar surface area (TPSA) is 52.6 Å². The first-order valence-electron chi connectivity index (χ1n) is 5.00. The van der Waals surface area contributed by atoms with Crippen LogP contribution in [0.2, 0.25) is 0 Å². The van der Waals surface area contributed by atoms with Gasteiger partial charge >= 0.3 is 11.9 Å². The summed E-state index contributed by atoms with van der Waals surface area (Å²) < 4.78 is 9.71. The number of esters is 2. The van der Waals surface area contributed by atoms with Crippen LogP contribution in [0.1, 0.15) is 34.0 Å². The number of rotatable bonds is 2. The number of hydrogen-bond donors (Lipinski definition) is 0. The van der Waals surface area contributed by atoms with Crippen molar-refractivity contribution in [3.8, 4) is 0 Å². The van der Waals surface area contributed by atoms with Crippen molar-refractivity contribution in [1.82, 2.24) is 0 Å². The van der Waals surface area contributed by atoms with Gasteiger partial charge in [-0.25, -0.2) is 4.79 Å². The van der Waals surface area contributed by atoms with Gasteiger partial charge in [0.15, 0.2) is 0 Å². The van der Waals surface area contributed by atoms with E-state index in [1.807, 2.05) is 19.1 Å². The summed E-state index contributed by atoms with van der Waals surface area (Å²) in [6.45, 7) is 1.85. The van der Waals surface area contributed by atoms with Gasteiger partial charge in [-0.2, -0.15) is 0 Å². The maximum Gasteiger partial charge on any atom is 0.339 e. The first kappa shape index (κ1) is 10.7. The summed E-state index contributed by atoms with van der Waals surface area (Å²) in [5.41, 5.74) is 2.22. The zero-order valence-corrected chi connectivity index (χ0v) is 9.15. The van der Waals surface area contributed by atoms with Crippen LogP contribution in [0.25, 0.3) is 0 Å². The van der Waals surface area contributed by atoms with E-state index in [1.54, 1.807) is 6.07 Å². The first-order chi connectivity index (χ1) is 7.63. The molecule has 2 rings (SSSR count). The van der Waals surface area contributed by atoms with Crippen molar-refractivity contribution >= 4 is 11.9 Å². The molecule has 1 unspecified atom stereocenters. The minimum absolute atomic E-state index is 0.0681. The molecule has 0 saturated carbocycles. The van der Waals surface area contributed by atoms with Gasteiger partial charge in [-0.1, -0.05) is 18.2 Å². The minimum atomic E-state index is -0.505. The molecule has 0 radical (unpaired) electrons. The average molecular weight is 220 g/mol. The van der Waals surface area contributed by atoms with E-state index in [9.17, 15) is 9.59 Å². The van der Waals surface area contributed by atoms with Crippen LogP contribution in [0.5, 0.6) is 0 Å². The van der Waals surface area contributed by atoms with Crippen molar-refractivity contribution in [2.75, 3.05) is 7.11 Å². The van der Waals surface area contributed by atoms with Gasteiger partial charge in [-0.3, -0.25) is 4.79 Å². The molecule has 84 valence electrons. The van der Waals surface area contributed by atoms with E-state index < -0.39 is 6.10 Å². The lowest BCUT2D eigenvalue weighted by atomic mass is 9.99. The Morgan fingerprint density at radius 2 is 2.25 bits per heavy atom. The number of carbonyl (C=O) groups excluding carboxylic acids is 2. The third-order valence-electron chi connectivity index (χ3n) is 2.69. The second-order valence-electron chi connectivity index (χ2n) is 3.71. The summed E-state index contributed by atoms with van der Waals surface area (Å²) in [7, 11) is 1.32. The lowest BCUT2D eigenvalue weighted by molar-refractivity contribution is -0.142. The van der Waals surface area contributed by atoms with Crippen LogP contribution in [-0.4, -0.2) is 19.0 Å². The van der Waals surface area contributed by atoms with E-state index in [0.29, 0.717) is 5.56 Å². The van der Waals surface area contributed by atoms with Crippen LogP contribution in [-0.2, 0) is 14.3 Å². The summed E-state index contributed by atoms with van der Waals surface area (Å²) in [6.07, 6.45) is -0.437. The van der Waals surface area contributed by atoms with E-state index >= 15 is 0 Å². The number of benzene rings is 1. The molecule has 0 aliphatic carbocycles. The Kier molecular flexibility index (Phi) is 2.64. The smallest absolute Gasteiger partial charge is 0.339 e. The number of hydrogen-bond acceptors (Lipinski definition) is 4. The number of ether oxygens (including phenoxy) is 2. The lowest BCUT2D eigenvalue weighted by Gasteiger charge is -2.08. The molecule has 0 bridgehead atoms. The molecular formula is C12H12O4. The molecule has 1 aliphatic heterocycles. The monoisotopic (exact) mass is 220 g/mol. The highest BCUT2D eigenvalue weighted by Gasteiger charge is 2.33. The number of aryl methyl sites for hydroxylation is 1. The highest BCUT2D eigenvalue weighted by atomic mass is 16.6. The molecule has 16 heavy (non-hydrogen) atoms. The van der Waals surface area contributed by atoms with Gasteiger partial charge in [0.25, 0.3) is 0 Å². The average Bonchev–Trinajstić information content (AvgIpc) is 2.57. The summed E-state index contributed by atoms with van der Waals surface area (Å²) >= 11 is 0. The van der Waals surface area contributed by atoms with Gasteiger partial charge in [-0.15, -0.1) is 0 Å². The molecule has 1 heterocycles. The van der Waals surface area contributed by atoms with E-state index in [4.69, 9.17) is 4.74 Å². The largest absolute Gasteiger partial charge is 0.469 e. The molecule has 4 nitrogen and oxygen atoms in total. The Hall–Kier alpha value is -1.84. The second kappa shape index (κ2) is 3.96. The Labute approximate surface area is 93.2 Å². The highest BCUT2D eigenvalue weighted by Crippen LogP contribution is 2.34. The van der Waals surface area contributed by atoms with E-state index in [-0.39, 0.29) is 18.4 Å². The maximum absolute atomic E-state index is 11.6. The molecule has 4 heteroatoms. The summed E-state index contributed by atoms with van der Waals surface area (Å²) in [5.74, 6) is -0.742. The first-order valence-corrected chi connectivity index (χ1v) is 5.00. The molecule has 0 saturated heterocycles. The van der Waals surface area contributed by atoms with E-state index in [0.717, 1.165) is 11.1 Å². The lowest BCUT2D eigenvalue weighted by Crippen LogP contribution is -2.08. The Morgan fingerprint density at radius 3 is 2.94 bits per heavy atom. The molecule has 1 aliphatic rings. The predicted molar refractivity (Wildman–Crippen MR) is 56.0 cm³/mol. The number of fused-ring (bicyclic) bond motifs is 1. The van der Waals surface area contributed by atoms with Gasteiger partial charge in [0.1, 0.15) is 6.10 Å². The normalized spacial score (nSPS) is 17.9.